The van der Waals surface area contributed by atoms with Crippen molar-refractivity contribution < 1.29 is 8.83 Å². The molecule has 3 rings (SSSR count). The molecule has 0 spiro atoms. The normalized spacial score (nSPS) is 11.7. The quantitative estimate of drug-likeness (QED) is 0.719. The van der Waals surface area contributed by atoms with Crippen LogP contribution in [-0.2, 0) is 6.42 Å². The topological polar surface area (TPSA) is 38.3 Å². The average Bonchev–Trinajstić information content (AvgIpc) is 2.89. The summed E-state index contributed by atoms with van der Waals surface area (Å²) in [6.07, 6.45) is 2.09. The van der Waals surface area contributed by atoms with Crippen molar-refractivity contribution in [3.63, 3.8) is 0 Å². The molecule has 0 unspecified atom stereocenters. The minimum atomic E-state index is 0.953. The molecule has 0 saturated heterocycles. The van der Waals surface area contributed by atoms with E-state index in [4.69, 9.17) is 8.83 Å². The van der Waals surface area contributed by atoms with Crippen molar-refractivity contribution in [2.45, 2.75) is 26.7 Å². The number of furan rings is 2. The molecule has 1 aromatic carbocycles. The molecule has 0 amide bonds. The third-order valence-electron chi connectivity index (χ3n) is 3.51. The van der Waals surface area contributed by atoms with Crippen LogP contribution in [0.2, 0.25) is 0 Å². The van der Waals surface area contributed by atoms with Gasteiger partial charge in [0.1, 0.15) is 22.7 Å². The molecule has 0 aliphatic rings. The van der Waals surface area contributed by atoms with Crippen LogP contribution < -0.4 is 5.32 Å². The first-order valence-electron chi connectivity index (χ1n) is 6.76. The minimum Gasteiger partial charge on any atom is -0.461 e. The maximum Gasteiger partial charge on any atom is 0.138 e. The van der Waals surface area contributed by atoms with Crippen molar-refractivity contribution in [2.75, 3.05) is 13.6 Å². The van der Waals surface area contributed by atoms with Gasteiger partial charge in [0, 0.05) is 16.3 Å². The molecule has 0 saturated carbocycles. The van der Waals surface area contributed by atoms with E-state index < -0.39 is 0 Å². The predicted octanol–water partition coefficient (Wildman–Crippen LogP) is 3.95. The van der Waals surface area contributed by atoms with Crippen molar-refractivity contribution in [1.29, 1.82) is 0 Å². The highest BCUT2D eigenvalue weighted by Gasteiger charge is 2.14. The van der Waals surface area contributed by atoms with E-state index in [1.54, 1.807) is 0 Å². The molecule has 0 aliphatic carbocycles. The van der Waals surface area contributed by atoms with Crippen molar-refractivity contribution >= 4 is 21.9 Å². The first-order valence-corrected chi connectivity index (χ1v) is 6.76. The Morgan fingerprint density at radius 3 is 2.63 bits per heavy atom. The second-order valence-corrected chi connectivity index (χ2v) is 5.11. The van der Waals surface area contributed by atoms with Crippen LogP contribution in [0.1, 0.15) is 23.5 Å². The van der Waals surface area contributed by atoms with Crippen LogP contribution in [0.25, 0.3) is 21.9 Å². The molecule has 0 aliphatic heterocycles. The molecule has 100 valence electrons. The minimum absolute atomic E-state index is 0.953. The fourth-order valence-corrected chi connectivity index (χ4v) is 2.71. The average molecular weight is 257 g/mol. The fraction of sp³-hybridized carbons (Fsp3) is 0.375. The third-order valence-corrected chi connectivity index (χ3v) is 3.51. The van der Waals surface area contributed by atoms with Crippen molar-refractivity contribution in [1.82, 2.24) is 5.32 Å². The Labute approximate surface area is 112 Å². The van der Waals surface area contributed by atoms with Gasteiger partial charge < -0.3 is 14.2 Å². The van der Waals surface area contributed by atoms with Gasteiger partial charge in [-0.3, -0.25) is 0 Å². The maximum atomic E-state index is 5.89. The molecular weight excluding hydrogens is 238 g/mol. The van der Waals surface area contributed by atoms with Gasteiger partial charge in [0.2, 0.25) is 0 Å². The molecule has 2 heterocycles. The van der Waals surface area contributed by atoms with E-state index in [0.29, 0.717) is 0 Å². The second kappa shape index (κ2) is 4.74. The van der Waals surface area contributed by atoms with E-state index in [-0.39, 0.29) is 0 Å². The molecule has 3 aromatic rings. The number of hydrogen-bond donors (Lipinski definition) is 1. The highest BCUT2D eigenvalue weighted by molar-refractivity contribution is 5.98. The van der Waals surface area contributed by atoms with Gasteiger partial charge in [-0.15, -0.1) is 0 Å². The van der Waals surface area contributed by atoms with Gasteiger partial charge in [0.05, 0.1) is 0 Å². The van der Waals surface area contributed by atoms with Crippen LogP contribution in [0.4, 0.5) is 0 Å². The Morgan fingerprint density at radius 1 is 1.05 bits per heavy atom. The molecule has 0 radical (unpaired) electrons. The van der Waals surface area contributed by atoms with Crippen LogP contribution in [0.5, 0.6) is 0 Å². The number of benzene rings is 1. The van der Waals surface area contributed by atoms with E-state index in [0.717, 1.165) is 47.5 Å². The number of aryl methyl sites for hydroxylation is 3. The fourth-order valence-electron chi connectivity index (χ4n) is 2.71. The summed E-state index contributed by atoms with van der Waals surface area (Å²) in [6.45, 7) is 4.99. The molecule has 0 atom stereocenters. The Morgan fingerprint density at radius 2 is 1.84 bits per heavy atom. The molecule has 1 N–H and O–H groups in total. The first-order chi connectivity index (χ1) is 9.19. The standard InChI is InChI=1S/C16H19NO2/c1-10-7-12-9-15-14(8-11(2)18-15)13(16(12)19-10)5-4-6-17-3/h7-9,17H,4-6H2,1-3H3. The lowest BCUT2D eigenvalue weighted by Gasteiger charge is -2.04. The number of fused-ring (bicyclic) bond motifs is 2. The van der Waals surface area contributed by atoms with E-state index in [2.05, 4.69) is 23.5 Å². The van der Waals surface area contributed by atoms with Crippen LogP contribution in [0.15, 0.2) is 27.0 Å². The van der Waals surface area contributed by atoms with Crippen molar-refractivity contribution in [3.8, 4) is 0 Å². The summed E-state index contributed by atoms with van der Waals surface area (Å²) in [7, 11) is 1.98. The Hall–Kier alpha value is -1.74. The third kappa shape index (κ3) is 2.15. The van der Waals surface area contributed by atoms with Gasteiger partial charge in [-0.25, -0.2) is 0 Å². The summed E-state index contributed by atoms with van der Waals surface area (Å²) >= 11 is 0. The van der Waals surface area contributed by atoms with Gasteiger partial charge in [0.25, 0.3) is 0 Å². The lowest BCUT2D eigenvalue weighted by atomic mass is 10.0. The van der Waals surface area contributed by atoms with Gasteiger partial charge in [-0.2, -0.15) is 0 Å². The summed E-state index contributed by atoms with van der Waals surface area (Å²) in [5.41, 5.74) is 3.25. The van der Waals surface area contributed by atoms with Crippen molar-refractivity contribution in [2.24, 2.45) is 0 Å². The zero-order valence-electron chi connectivity index (χ0n) is 11.7. The zero-order valence-corrected chi connectivity index (χ0v) is 11.7. The van der Waals surface area contributed by atoms with Crippen LogP contribution in [0.3, 0.4) is 0 Å². The van der Waals surface area contributed by atoms with Gasteiger partial charge in [-0.1, -0.05) is 0 Å². The van der Waals surface area contributed by atoms with E-state index >= 15 is 0 Å². The zero-order chi connectivity index (χ0) is 13.4. The first kappa shape index (κ1) is 12.3. The Balaban J connectivity index is 2.19. The summed E-state index contributed by atoms with van der Waals surface area (Å²) in [6, 6.07) is 6.27. The summed E-state index contributed by atoms with van der Waals surface area (Å²) in [5.74, 6) is 1.91. The second-order valence-electron chi connectivity index (χ2n) is 5.11. The molecule has 2 aromatic heterocycles. The number of hydrogen-bond acceptors (Lipinski definition) is 3. The summed E-state index contributed by atoms with van der Waals surface area (Å²) in [5, 5.41) is 5.52. The molecule has 0 fully saturated rings. The maximum absolute atomic E-state index is 5.89. The molecule has 3 nitrogen and oxygen atoms in total. The smallest absolute Gasteiger partial charge is 0.138 e. The SMILES string of the molecule is CNCCCc1c2cc(C)oc2cc2cc(C)oc12. The Bertz CT molecular complexity index is 666. The van der Waals surface area contributed by atoms with E-state index in [1.165, 1.54) is 10.9 Å². The van der Waals surface area contributed by atoms with Gasteiger partial charge >= 0.3 is 0 Å². The van der Waals surface area contributed by atoms with Crippen LogP contribution in [0, 0.1) is 13.8 Å². The molecule has 0 bridgehead atoms. The lowest BCUT2D eigenvalue weighted by molar-refractivity contribution is 0.571. The summed E-state index contributed by atoms with van der Waals surface area (Å²) < 4.78 is 11.7. The van der Waals surface area contributed by atoms with E-state index in [1.807, 2.05) is 20.9 Å². The highest BCUT2D eigenvalue weighted by Crippen LogP contribution is 2.33. The monoisotopic (exact) mass is 257 g/mol. The summed E-state index contributed by atoms with van der Waals surface area (Å²) in [4.78, 5) is 0. The van der Waals surface area contributed by atoms with Gasteiger partial charge in [0.15, 0.2) is 0 Å². The Kier molecular flexibility index (Phi) is 3.07. The number of nitrogens with one attached hydrogen (secondary N) is 1. The predicted molar refractivity (Wildman–Crippen MR) is 77.7 cm³/mol. The number of rotatable bonds is 4. The largest absolute Gasteiger partial charge is 0.461 e. The lowest BCUT2D eigenvalue weighted by Crippen LogP contribution is -2.08. The molecule has 3 heteroatoms. The van der Waals surface area contributed by atoms with Crippen LogP contribution >= 0.6 is 0 Å². The molecule has 19 heavy (non-hydrogen) atoms. The highest BCUT2D eigenvalue weighted by atomic mass is 16.3. The van der Waals surface area contributed by atoms with Crippen LogP contribution in [-0.4, -0.2) is 13.6 Å². The molecular formula is C16H19NO2. The van der Waals surface area contributed by atoms with E-state index in [9.17, 15) is 0 Å². The van der Waals surface area contributed by atoms with Gasteiger partial charge in [-0.05, 0) is 58.5 Å². The van der Waals surface area contributed by atoms with Crippen molar-refractivity contribution in [3.05, 3.63) is 35.3 Å².